The molecule has 0 bridgehead atoms. The first-order valence-electron chi connectivity index (χ1n) is 9.66. The highest BCUT2D eigenvalue weighted by Gasteiger charge is 2.37. The molecule has 11 heteroatoms. The Kier molecular flexibility index (Phi) is 6.75. The van der Waals surface area contributed by atoms with Crippen molar-refractivity contribution in [3.63, 3.8) is 0 Å². The maximum absolute atomic E-state index is 13.9. The molecule has 1 aromatic heterocycles. The van der Waals surface area contributed by atoms with E-state index >= 15 is 0 Å². The largest absolute Gasteiger partial charge is 0.383 e. The Balaban J connectivity index is 1.80. The van der Waals surface area contributed by atoms with Crippen LogP contribution in [-0.4, -0.2) is 55.9 Å². The number of piperidine rings is 1. The minimum absolute atomic E-state index is 0.0452. The number of carbonyl (C=O) groups excluding carboxylic acids is 1. The van der Waals surface area contributed by atoms with Crippen molar-refractivity contribution in [2.75, 3.05) is 32.5 Å². The van der Waals surface area contributed by atoms with Crippen LogP contribution < -0.4 is 5.32 Å². The van der Waals surface area contributed by atoms with Gasteiger partial charge in [0, 0.05) is 45.5 Å². The predicted octanol–water partition coefficient (Wildman–Crippen LogP) is 2.83. The van der Waals surface area contributed by atoms with Gasteiger partial charge in [-0.05, 0) is 31.9 Å². The first kappa shape index (κ1) is 22.9. The summed E-state index contributed by atoms with van der Waals surface area (Å²) in [5.41, 5.74) is 0.0655. The average Bonchev–Trinajstić information content (AvgIpc) is 3.09. The average molecular weight is 454 g/mol. The van der Waals surface area contributed by atoms with Crippen LogP contribution in [0.15, 0.2) is 33.8 Å². The Morgan fingerprint density at radius 2 is 2.10 bits per heavy atom. The molecule has 2 aromatic rings. The second kappa shape index (κ2) is 9.15. The van der Waals surface area contributed by atoms with Gasteiger partial charge in [0.2, 0.25) is 15.9 Å². The molecule has 2 heterocycles. The third-order valence-electron chi connectivity index (χ3n) is 4.90. The summed E-state index contributed by atoms with van der Waals surface area (Å²) in [7, 11) is -0.410. The van der Waals surface area contributed by atoms with Crippen LogP contribution in [0, 0.1) is 24.5 Å². The highest BCUT2D eigenvalue weighted by Crippen LogP contribution is 2.29. The number of carbonyl (C=O) groups is 1. The van der Waals surface area contributed by atoms with Gasteiger partial charge in [0.05, 0.1) is 11.6 Å². The summed E-state index contributed by atoms with van der Waals surface area (Å²) in [5, 5.41) is 6.20. The van der Waals surface area contributed by atoms with Gasteiger partial charge in [-0.1, -0.05) is 5.16 Å². The second-order valence-corrected chi connectivity index (χ2v) is 9.43. The van der Waals surface area contributed by atoms with Gasteiger partial charge >= 0.3 is 0 Å². The number of nitrogens with one attached hydrogen (secondary N) is 1. The van der Waals surface area contributed by atoms with Crippen molar-refractivity contribution in [1.82, 2.24) is 14.4 Å². The quantitative estimate of drug-likeness (QED) is 0.721. The number of halogens is 2. The summed E-state index contributed by atoms with van der Waals surface area (Å²) in [6, 6.07) is 2.84. The third kappa shape index (κ3) is 5.10. The van der Waals surface area contributed by atoms with E-state index < -0.39 is 33.5 Å². The summed E-state index contributed by atoms with van der Waals surface area (Å²) < 4.78 is 59.9. The van der Waals surface area contributed by atoms with Gasteiger partial charge in [-0.15, -0.1) is 0 Å². The summed E-state index contributed by atoms with van der Waals surface area (Å²) >= 11 is 0. The van der Waals surface area contributed by atoms with Crippen LogP contribution in [0.4, 0.5) is 14.5 Å². The van der Waals surface area contributed by atoms with Crippen molar-refractivity contribution in [3.8, 4) is 0 Å². The standard InChI is InChI=1S/C20H24F2N4O4S/c1-13-19(18(30-24-13)8-10-25(2)3)31(28,29)26-9-4-5-14(12-26)20(27)23-17-7-6-15(21)11-16(17)22/h6-8,10-11,14H,4-5,9,12H2,1-3H3,(H,23,27)/b10-8+. The molecule has 0 saturated carbocycles. The molecular weight excluding hydrogens is 430 g/mol. The third-order valence-corrected chi connectivity index (χ3v) is 6.92. The van der Waals surface area contributed by atoms with Gasteiger partial charge in [-0.2, -0.15) is 4.31 Å². The zero-order chi connectivity index (χ0) is 22.8. The minimum atomic E-state index is -3.98. The number of anilines is 1. The van der Waals surface area contributed by atoms with Crippen LogP contribution in [0.2, 0.25) is 0 Å². The zero-order valence-corrected chi connectivity index (χ0v) is 18.2. The molecule has 1 amide bonds. The Bertz CT molecular complexity index is 1100. The van der Waals surface area contributed by atoms with Crippen molar-refractivity contribution in [2.45, 2.75) is 24.7 Å². The molecule has 8 nitrogen and oxygen atoms in total. The maximum Gasteiger partial charge on any atom is 0.248 e. The van der Waals surface area contributed by atoms with E-state index in [0.717, 1.165) is 12.1 Å². The van der Waals surface area contributed by atoms with Crippen molar-refractivity contribution >= 4 is 27.7 Å². The van der Waals surface area contributed by atoms with Crippen LogP contribution in [0.5, 0.6) is 0 Å². The number of nitrogens with zero attached hydrogens (tertiary/aromatic N) is 3. The first-order valence-corrected chi connectivity index (χ1v) is 11.1. The molecule has 1 fully saturated rings. The molecule has 168 valence electrons. The van der Waals surface area contributed by atoms with Crippen LogP contribution in [-0.2, 0) is 14.8 Å². The second-order valence-electron chi connectivity index (χ2n) is 7.56. The molecule has 1 aliphatic heterocycles. The summed E-state index contributed by atoms with van der Waals surface area (Å²) in [6.45, 7) is 1.70. The zero-order valence-electron chi connectivity index (χ0n) is 17.4. The van der Waals surface area contributed by atoms with Gasteiger partial charge in [-0.25, -0.2) is 17.2 Å². The van der Waals surface area contributed by atoms with E-state index in [0.29, 0.717) is 18.9 Å². The summed E-state index contributed by atoms with van der Waals surface area (Å²) in [5.74, 6) is -2.76. The molecule has 1 N–H and O–H groups in total. The monoisotopic (exact) mass is 454 g/mol. The Morgan fingerprint density at radius 3 is 2.77 bits per heavy atom. The smallest absolute Gasteiger partial charge is 0.248 e. The SMILES string of the molecule is Cc1noc(/C=C/N(C)C)c1S(=O)(=O)N1CCCC(C(=O)Nc2ccc(F)cc2F)C1. The van der Waals surface area contributed by atoms with Crippen LogP contribution in [0.25, 0.3) is 6.08 Å². The number of amides is 1. The molecule has 31 heavy (non-hydrogen) atoms. The molecule has 0 radical (unpaired) electrons. The lowest BCUT2D eigenvalue weighted by atomic mass is 9.98. The topological polar surface area (TPSA) is 95.8 Å². The van der Waals surface area contributed by atoms with Crippen molar-refractivity contribution in [3.05, 3.63) is 47.5 Å². The normalized spacial score (nSPS) is 17.8. The van der Waals surface area contributed by atoms with Gasteiger partial charge < -0.3 is 14.7 Å². The van der Waals surface area contributed by atoms with Gasteiger partial charge in [0.1, 0.15) is 17.3 Å². The number of benzene rings is 1. The van der Waals surface area contributed by atoms with Gasteiger partial charge in [0.15, 0.2) is 10.7 Å². The summed E-state index contributed by atoms with van der Waals surface area (Å²) in [6.07, 6.45) is 4.05. The van der Waals surface area contributed by atoms with Crippen molar-refractivity contribution in [2.24, 2.45) is 5.92 Å². The number of hydrogen-bond acceptors (Lipinski definition) is 6. The molecule has 1 aromatic carbocycles. The predicted molar refractivity (Wildman–Crippen MR) is 110 cm³/mol. The lowest BCUT2D eigenvalue weighted by molar-refractivity contribution is -0.120. The first-order chi connectivity index (χ1) is 14.6. The van der Waals surface area contributed by atoms with Gasteiger partial charge in [0.25, 0.3) is 0 Å². The van der Waals surface area contributed by atoms with E-state index in [9.17, 15) is 22.0 Å². The number of rotatable bonds is 6. The molecule has 1 unspecified atom stereocenters. The minimum Gasteiger partial charge on any atom is -0.383 e. The van der Waals surface area contributed by atoms with E-state index in [4.69, 9.17) is 4.52 Å². The fourth-order valence-electron chi connectivity index (χ4n) is 3.34. The Labute approximate surface area is 179 Å². The molecule has 1 aliphatic rings. The fourth-order valence-corrected chi connectivity index (χ4v) is 5.12. The summed E-state index contributed by atoms with van der Waals surface area (Å²) in [4.78, 5) is 14.3. The van der Waals surface area contributed by atoms with Crippen molar-refractivity contribution < 1.29 is 26.5 Å². The van der Waals surface area contributed by atoms with E-state index in [1.165, 1.54) is 17.3 Å². The lowest BCUT2D eigenvalue weighted by Gasteiger charge is -2.31. The van der Waals surface area contributed by atoms with E-state index in [1.807, 2.05) is 0 Å². The van der Waals surface area contributed by atoms with Crippen molar-refractivity contribution in [1.29, 1.82) is 0 Å². The van der Waals surface area contributed by atoms with E-state index in [-0.39, 0.29) is 35.1 Å². The van der Waals surface area contributed by atoms with Crippen LogP contribution in [0.3, 0.4) is 0 Å². The molecule has 1 saturated heterocycles. The molecule has 3 rings (SSSR count). The Hall–Kier alpha value is -2.79. The lowest BCUT2D eigenvalue weighted by Crippen LogP contribution is -2.44. The van der Waals surface area contributed by atoms with E-state index in [1.54, 1.807) is 25.2 Å². The molecular formula is C20H24F2N4O4S. The highest BCUT2D eigenvalue weighted by molar-refractivity contribution is 7.89. The fraction of sp³-hybridized carbons (Fsp3) is 0.400. The van der Waals surface area contributed by atoms with Crippen LogP contribution in [0.1, 0.15) is 24.3 Å². The highest BCUT2D eigenvalue weighted by atomic mass is 32.2. The van der Waals surface area contributed by atoms with E-state index in [2.05, 4.69) is 10.5 Å². The van der Waals surface area contributed by atoms with Crippen LogP contribution >= 0.6 is 0 Å². The molecule has 1 atom stereocenters. The molecule has 0 aliphatic carbocycles. The molecule has 0 spiro atoms. The number of hydrogen-bond donors (Lipinski definition) is 1. The maximum atomic E-state index is 13.9. The number of aromatic nitrogens is 1. The number of aryl methyl sites for hydroxylation is 1. The number of sulfonamides is 1. The Morgan fingerprint density at radius 1 is 1.35 bits per heavy atom. The van der Waals surface area contributed by atoms with Gasteiger partial charge in [-0.3, -0.25) is 4.79 Å².